The van der Waals surface area contributed by atoms with Gasteiger partial charge in [0.25, 0.3) is 0 Å². The first-order valence-corrected chi connectivity index (χ1v) is 29.4. The summed E-state index contributed by atoms with van der Waals surface area (Å²) < 4.78 is 22.7. The van der Waals surface area contributed by atoms with E-state index in [0.717, 1.165) is 77.0 Å². The molecule has 0 amide bonds. The molecule has 0 fully saturated rings. The molecule has 0 aliphatic rings. The summed E-state index contributed by atoms with van der Waals surface area (Å²) >= 11 is 0. The molecule has 2 unspecified atom stereocenters. The number of ether oxygens (including phenoxy) is 4. The Bertz CT molecular complexity index is 1350. The van der Waals surface area contributed by atoms with Gasteiger partial charge in [-0.25, -0.2) is 0 Å². The molecule has 0 saturated heterocycles. The van der Waals surface area contributed by atoms with Gasteiger partial charge in [0.15, 0.2) is 12.4 Å². The molecule has 0 heterocycles. The number of hydrogen-bond acceptors (Lipinski definition) is 8. The number of carboxylic acids is 1. The standard InChI is InChI=1S/C62H111NO8/c1-6-8-10-12-14-16-18-20-22-24-26-28-29-30-31-33-35-37-39-41-43-45-47-49-51-53-60(65)71-58(57-70-62(61(66)67)68-55-54-63(3,4)5)56-69-59(64)52-50-48-46-44-42-40-38-36-34-32-27-25-23-21-19-17-15-13-11-9-7-2/h8,10,14,16,20,22,26,28,30-31,58,62H,6-7,9,11-13,15,17-19,21,23-25,27,29,32-57H2,1-5H3/b10-8-,16-14-,22-20-,28-26-,31-30-. The zero-order chi connectivity index (χ0) is 52.0. The van der Waals surface area contributed by atoms with E-state index in [2.05, 4.69) is 74.6 Å². The number of esters is 2. The number of likely N-dealkylation sites (N-methyl/N-ethyl adjacent to an activating group) is 1. The molecular formula is C62H111NO8. The third-order valence-electron chi connectivity index (χ3n) is 12.8. The number of hydrogen-bond donors (Lipinski definition) is 0. The first-order valence-electron chi connectivity index (χ1n) is 29.4. The Balaban J connectivity index is 4.25. The Hall–Kier alpha value is -3.01. The number of quaternary nitrogens is 1. The van der Waals surface area contributed by atoms with E-state index in [1.165, 1.54) is 148 Å². The van der Waals surface area contributed by atoms with E-state index >= 15 is 0 Å². The van der Waals surface area contributed by atoms with E-state index in [0.29, 0.717) is 23.9 Å². The molecule has 0 aromatic heterocycles. The van der Waals surface area contributed by atoms with Crippen molar-refractivity contribution >= 4 is 17.9 Å². The fourth-order valence-corrected chi connectivity index (χ4v) is 8.27. The molecule has 412 valence electrons. The lowest BCUT2D eigenvalue weighted by atomic mass is 10.0. The van der Waals surface area contributed by atoms with Gasteiger partial charge in [-0.1, -0.05) is 248 Å². The van der Waals surface area contributed by atoms with Crippen LogP contribution in [0.2, 0.25) is 0 Å². The van der Waals surface area contributed by atoms with Crippen LogP contribution in [0.5, 0.6) is 0 Å². The summed E-state index contributed by atoms with van der Waals surface area (Å²) in [6, 6.07) is 0. The van der Waals surface area contributed by atoms with Gasteiger partial charge in [0.2, 0.25) is 0 Å². The quantitative estimate of drug-likeness (QED) is 0.0195. The summed E-state index contributed by atoms with van der Waals surface area (Å²) in [6.45, 7) is 4.66. The second kappa shape index (κ2) is 53.3. The first kappa shape index (κ1) is 68.0. The molecule has 0 aromatic carbocycles. The van der Waals surface area contributed by atoms with Gasteiger partial charge >= 0.3 is 11.9 Å². The zero-order valence-electron chi connectivity index (χ0n) is 46.8. The van der Waals surface area contributed by atoms with Gasteiger partial charge in [0.05, 0.1) is 40.3 Å². The lowest BCUT2D eigenvalue weighted by Crippen LogP contribution is -2.44. The van der Waals surface area contributed by atoms with Crippen LogP contribution in [-0.2, 0) is 33.3 Å². The van der Waals surface area contributed by atoms with Crippen molar-refractivity contribution in [2.24, 2.45) is 0 Å². The van der Waals surface area contributed by atoms with Crippen molar-refractivity contribution in [1.29, 1.82) is 0 Å². The topological polar surface area (TPSA) is 111 Å². The van der Waals surface area contributed by atoms with Crippen LogP contribution < -0.4 is 5.11 Å². The zero-order valence-corrected chi connectivity index (χ0v) is 46.8. The lowest BCUT2D eigenvalue weighted by Gasteiger charge is -2.26. The number of allylic oxidation sites excluding steroid dienone is 10. The van der Waals surface area contributed by atoms with Gasteiger partial charge in [-0.3, -0.25) is 9.59 Å². The largest absolute Gasteiger partial charge is 0.545 e. The molecule has 0 aromatic rings. The van der Waals surface area contributed by atoms with Gasteiger partial charge in [-0.05, 0) is 57.8 Å². The molecule has 0 radical (unpaired) electrons. The first-order chi connectivity index (χ1) is 34.6. The summed E-state index contributed by atoms with van der Waals surface area (Å²) in [6.07, 6.45) is 64.1. The Labute approximate surface area is 437 Å². The maximum Gasteiger partial charge on any atom is 0.306 e. The third kappa shape index (κ3) is 54.6. The van der Waals surface area contributed by atoms with Crippen LogP contribution in [0, 0.1) is 0 Å². The highest BCUT2D eigenvalue weighted by atomic mass is 16.7. The highest BCUT2D eigenvalue weighted by molar-refractivity contribution is 5.70. The smallest absolute Gasteiger partial charge is 0.306 e. The molecule has 9 nitrogen and oxygen atoms in total. The van der Waals surface area contributed by atoms with E-state index in [9.17, 15) is 19.5 Å². The molecule has 71 heavy (non-hydrogen) atoms. The molecule has 9 heteroatoms. The monoisotopic (exact) mass is 998 g/mol. The van der Waals surface area contributed by atoms with Crippen LogP contribution in [0.1, 0.15) is 258 Å². The maximum atomic E-state index is 12.9. The number of rotatable bonds is 54. The SMILES string of the molecule is CC/C=C\C/C=C\C/C=C\C/C=C\C/C=C\CCCCCCCCCCCC(=O)OC(COC(=O)CCCCCCCCCCCCCCCCCCCCCCC)COC(OCC[N+](C)(C)C)C(=O)[O-]. The molecule has 0 aliphatic carbocycles. The fraction of sp³-hybridized carbons (Fsp3) is 0.790. The Morgan fingerprint density at radius 2 is 0.803 bits per heavy atom. The van der Waals surface area contributed by atoms with E-state index < -0.39 is 24.3 Å². The summed E-state index contributed by atoms with van der Waals surface area (Å²) in [4.78, 5) is 37.3. The number of aliphatic carboxylic acids is 1. The lowest BCUT2D eigenvalue weighted by molar-refractivity contribution is -0.870. The van der Waals surface area contributed by atoms with Gasteiger partial charge in [0.1, 0.15) is 13.2 Å². The summed E-state index contributed by atoms with van der Waals surface area (Å²) in [5, 5.41) is 11.8. The fourth-order valence-electron chi connectivity index (χ4n) is 8.27. The average Bonchev–Trinajstić information content (AvgIpc) is 3.34. The summed E-state index contributed by atoms with van der Waals surface area (Å²) in [7, 11) is 5.92. The minimum atomic E-state index is -1.62. The molecule has 0 rings (SSSR count). The van der Waals surface area contributed by atoms with Crippen molar-refractivity contribution in [2.45, 2.75) is 270 Å². The number of carboxylic acid groups (broad SMARTS) is 1. The van der Waals surface area contributed by atoms with Crippen LogP contribution in [0.25, 0.3) is 0 Å². The molecule has 0 spiro atoms. The van der Waals surface area contributed by atoms with Gasteiger partial charge in [0, 0.05) is 12.8 Å². The Morgan fingerprint density at radius 1 is 0.437 bits per heavy atom. The highest BCUT2D eigenvalue weighted by Crippen LogP contribution is 2.17. The van der Waals surface area contributed by atoms with Crippen LogP contribution >= 0.6 is 0 Å². The molecular weight excluding hydrogens is 887 g/mol. The number of carbonyl (C=O) groups excluding carboxylic acids is 3. The van der Waals surface area contributed by atoms with Gasteiger partial charge in [-0.2, -0.15) is 0 Å². The minimum Gasteiger partial charge on any atom is -0.545 e. The normalized spacial score (nSPS) is 13.2. The highest BCUT2D eigenvalue weighted by Gasteiger charge is 2.22. The van der Waals surface area contributed by atoms with Crippen molar-refractivity contribution in [3.63, 3.8) is 0 Å². The number of nitrogens with zero attached hydrogens (tertiary/aromatic N) is 1. The third-order valence-corrected chi connectivity index (χ3v) is 12.8. The second-order valence-corrected chi connectivity index (χ2v) is 20.9. The van der Waals surface area contributed by atoms with Crippen molar-refractivity contribution in [2.75, 3.05) is 47.5 Å². The molecule has 0 bridgehead atoms. The van der Waals surface area contributed by atoms with Crippen LogP contribution in [-0.4, -0.2) is 82.3 Å². The van der Waals surface area contributed by atoms with Gasteiger partial charge in [-0.15, -0.1) is 0 Å². The minimum absolute atomic E-state index is 0.146. The summed E-state index contributed by atoms with van der Waals surface area (Å²) in [5.74, 6) is -2.28. The maximum absolute atomic E-state index is 12.9. The Morgan fingerprint density at radius 3 is 1.20 bits per heavy atom. The van der Waals surface area contributed by atoms with Crippen molar-refractivity contribution in [1.82, 2.24) is 0 Å². The van der Waals surface area contributed by atoms with Crippen LogP contribution in [0.4, 0.5) is 0 Å². The molecule has 0 saturated carbocycles. The molecule has 0 aliphatic heterocycles. The molecule has 0 N–H and O–H groups in total. The van der Waals surface area contributed by atoms with E-state index in [-0.39, 0.29) is 32.2 Å². The van der Waals surface area contributed by atoms with E-state index in [4.69, 9.17) is 18.9 Å². The number of unbranched alkanes of at least 4 members (excludes halogenated alkanes) is 29. The van der Waals surface area contributed by atoms with Gasteiger partial charge < -0.3 is 33.3 Å². The van der Waals surface area contributed by atoms with Crippen molar-refractivity contribution in [3.8, 4) is 0 Å². The molecule has 2 atom stereocenters. The van der Waals surface area contributed by atoms with Crippen molar-refractivity contribution < 1.29 is 42.9 Å². The second-order valence-electron chi connectivity index (χ2n) is 20.9. The summed E-state index contributed by atoms with van der Waals surface area (Å²) in [5.41, 5.74) is 0. The van der Waals surface area contributed by atoms with Crippen LogP contribution in [0.3, 0.4) is 0 Å². The Kier molecular flexibility index (Phi) is 51.0. The predicted molar refractivity (Wildman–Crippen MR) is 297 cm³/mol. The van der Waals surface area contributed by atoms with Crippen molar-refractivity contribution in [3.05, 3.63) is 60.8 Å². The van der Waals surface area contributed by atoms with E-state index in [1.807, 2.05) is 21.1 Å². The predicted octanol–water partition coefficient (Wildman–Crippen LogP) is 15.9. The van der Waals surface area contributed by atoms with Crippen LogP contribution in [0.15, 0.2) is 60.8 Å². The average molecular weight is 999 g/mol. The van der Waals surface area contributed by atoms with E-state index in [1.54, 1.807) is 0 Å². The number of carbonyl (C=O) groups is 3.